The molecule has 1 nitrogen and oxygen atoms in total. The highest BCUT2D eigenvalue weighted by Gasteiger charge is 2.07. The minimum absolute atomic E-state index is 0.0655. The molecule has 0 saturated carbocycles. The smallest absolute Gasteiger partial charge is 0.186 e. The largest absolute Gasteiger partial charge is 0.289 e. The van der Waals surface area contributed by atoms with Gasteiger partial charge in [-0.1, -0.05) is 21.5 Å². The Morgan fingerprint density at radius 3 is 2.64 bits per heavy atom. The van der Waals surface area contributed by atoms with Gasteiger partial charge >= 0.3 is 0 Å². The van der Waals surface area contributed by atoms with Crippen LogP contribution in [0.15, 0.2) is 34.3 Å². The van der Waals surface area contributed by atoms with Crippen LogP contribution in [0.4, 0.5) is 0 Å². The zero-order valence-corrected chi connectivity index (χ0v) is 11.7. The third-order valence-electron chi connectivity index (χ3n) is 1.61. The zero-order valence-electron chi connectivity index (χ0n) is 7.97. The lowest BCUT2D eigenvalue weighted by Crippen LogP contribution is -1.98. The van der Waals surface area contributed by atoms with Crippen molar-refractivity contribution in [2.45, 2.75) is 13.8 Å². The number of ketones is 1. The summed E-state index contributed by atoms with van der Waals surface area (Å²) in [5, 5.41) is 0. The van der Waals surface area contributed by atoms with E-state index in [-0.39, 0.29) is 5.78 Å². The molecule has 0 atom stereocenters. The molecule has 0 aliphatic carbocycles. The predicted octanol–water partition coefficient (Wildman–Crippen LogP) is 4.20. The second-order valence-electron chi connectivity index (χ2n) is 3.21. The third-order valence-corrected chi connectivity index (χ3v) is 3.05. The maximum atomic E-state index is 11.7. The van der Waals surface area contributed by atoms with E-state index in [1.165, 1.54) is 0 Å². The summed E-state index contributed by atoms with van der Waals surface area (Å²) in [6.07, 6.45) is 1.66. The van der Waals surface area contributed by atoms with Crippen LogP contribution < -0.4 is 0 Å². The van der Waals surface area contributed by atoms with E-state index in [4.69, 9.17) is 0 Å². The van der Waals surface area contributed by atoms with E-state index in [0.717, 1.165) is 19.2 Å². The highest BCUT2D eigenvalue weighted by Crippen LogP contribution is 2.19. The molecule has 0 radical (unpaired) electrons. The summed E-state index contributed by atoms with van der Waals surface area (Å²) < 4.78 is 1.91. The highest BCUT2D eigenvalue weighted by atomic mass is 127. The van der Waals surface area contributed by atoms with Crippen molar-refractivity contribution >= 4 is 44.3 Å². The standard InChI is InChI=1S/C11H10BrIO/c1-7(2)5-11(14)9-6-8(12)3-4-10(9)13/h3-6H,1-2H3. The highest BCUT2D eigenvalue weighted by molar-refractivity contribution is 14.1. The molecule has 74 valence electrons. The number of hydrogen-bond donors (Lipinski definition) is 0. The first-order chi connectivity index (χ1) is 6.50. The average molecular weight is 365 g/mol. The number of halogens is 2. The van der Waals surface area contributed by atoms with E-state index < -0.39 is 0 Å². The number of benzene rings is 1. The predicted molar refractivity (Wildman–Crippen MR) is 70.6 cm³/mol. The molecule has 0 unspecified atom stereocenters. The molecular weight excluding hydrogens is 355 g/mol. The molecular formula is C11H10BrIO. The van der Waals surface area contributed by atoms with Gasteiger partial charge in [0.15, 0.2) is 5.78 Å². The molecule has 0 fully saturated rings. The van der Waals surface area contributed by atoms with Gasteiger partial charge in [0.05, 0.1) is 0 Å². The van der Waals surface area contributed by atoms with Crippen molar-refractivity contribution in [3.05, 3.63) is 43.5 Å². The van der Waals surface area contributed by atoms with Gasteiger partial charge in [-0.15, -0.1) is 0 Å². The van der Waals surface area contributed by atoms with E-state index in [9.17, 15) is 4.79 Å². The van der Waals surface area contributed by atoms with E-state index in [1.54, 1.807) is 6.08 Å². The van der Waals surface area contributed by atoms with Crippen molar-refractivity contribution in [1.29, 1.82) is 0 Å². The van der Waals surface area contributed by atoms with E-state index in [2.05, 4.69) is 38.5 Å². The van der Waals surface area contributed by atoms with Crippen molar-refractivity contribution in [2.75, 3.05) is 0 Å². The molecule has 14 heavy (non-hydrogen) atoms. The number of carbonyl (C=O) groups excluding carboxylic acids is 1. The minimum Gasteiger partial charge on any atom is -0.289 e. The molecule has 1 rings (SSSR count). The van der Waals surface area contributed by atoms with E-state index in [1.807, 2.05) is 32.0 Å². The van der Waals surface area contributed by atoms with Crippen LogP contribution in [0.25, 0.3) is 0 Å². The monoisotopic (exact) mass is 364 g/mol. The third kappa shape index (κ3) is 3.20. The molecule has 0 aliphatic rings. The second kappa shape index (κ2) is 5.07. The van der Waals surface area contributed by atoms with Crippen LogP contribution in [-0.2, 0) is 0 Å². The molecule has 0 heterocycles. The first kappa shape index (κ1) is 11.9. The molecule has 0 N–H and O–H groups in total. The molecule has 1 aromatic rings. The summed E-state index contributed by atoms with van der Waals surface area (Å²) in [4.78, 5) is 11.7. The minimum atomic E-state index is 0.0655. The topological polar surface area (TPSA) is 17.1 Å². The normalized spacial score (nSPS) is 9.71. The van der Waals surface area contributed by atoms with Crippen molar-refractivity contribution in [2.24, 2.45) is 0 Å². The van der Waals surface area contributed by atoms with Crippen LogP contribution in [0.1, 0.15) is 24.2 Å². The van der Waals surface area contributed by atoms with Gasteiger partial charge in [-0.05, 0) is 60.7 Å². The summed E-state index contributed by atoms with van der Waals surface area (Å²) >= 11 is 5.52. The Balaban J connectivity index is 3.12. The molecule has 1 aromatic carbocycles. The van der Waals surface area contributed by atoms with Crippen molar-refractivity contribution < 1.29 is 4.79 Å². The van der Waals surface area contributed by atoms with E-state index >= 15 is 0 Å². The number of allylic oxidation sites excluding steroid dienone is 2. The lowest BCUT2D eigenvalue weighted by molar-refractivity contribution is 0.104. The van der Waals surface area contributed by atoms with Crippen LogP contribution in [0, 0.1) is 3.57 Å². The quantitative estimate of drug-likeness (QED) is 0.436. The Hall–Kier alpha value is -0.160. The van der Waals surface area contributed by atoms with E-state index in [0.29, 0.717) is 0 Å². The maximum absolute atomic E-state index is 11.7. The Kier molecular flexibility index (Phi) is 4.31. The van der Waals surface area contributed by atoms with Crippen molar-refractivity contribution in [1.82, 2.24) is 0 Å². The molecule has 0 spiro atoms. The van der Waals surface area contributed by atoms with Crippen LogP contribution in [0.5, 0.6) is 0 Å². The lowest BCUT2D eigenvalue weighted by Gasteiger charge is -2.01. The average Bonchev–Trinajstić information content (AvgIpc) is 2.08. The summed E-state index contributed by atoms with van der Waals surface area (Å²) in [6, 6.07) is 5.71. The summed E-state index contributed by atoms with van der Waals surface area (Å²) in [6.45, 7) is 3.84. The van der Waals surface area contributed by atoms with Gasteiger partial charge in [-0.25, -0.2) is 0 Å². The van der Waals surface area contributed by atoms with Crippen LogP contribution >= 0.6 is 38.5 Å². The van der Waals surface area contributed by atoms with Gasteiger partial charge in [0.1, 0.15) is 0 Å². The van der Waals surface area contributed by atoms with Crippen molar-refractivity contribution in [3.8, 4) is 0 Å². The zero-order chi connectivity index (χ0) is 10.7. The van der Waals surface area contributed by atoms with Crippen LogP contribution in [0.2, 0.25) is 0 Å². The molecule has 3 heteroatoms. The Labute approximate surface area is 106 Å². The summed E-state index contributed by atoms with van der Waals surface area (Å²) in [7, 11) is 0. The Morgan fingerprint density at radius 1 is 1.43 bits per heavy atom. The molecule has 0 aromatic heterocycles. The SMILES string of the molecule is CC(C)=CC(=O)c1cc(Br)ccc1I. The van der Waals surface area contributed by atoms with Gasteiger partial charge in [-0.3, -0.25) is 4.79 Å². The fraction of sp³-hybridized carbons (Fsp3) is 0.182. The number of hydrogen-bond acceptors (Lipinski definition) is 1. The fourth-order valence-electron chi connectivity index (χ4n) is 1.03. The fourth-order valence-corrected chi connectivity index (χ4v) is 1.99. The molecule has 0 bridgehead atoms. The van der Waals surface area contributed by atoms with Gasteiger partial charge in [0, 0.05) is 13.6 Å². The molecule has 0 aliphatic heterocycles. The van der Waals surface area contributed by atoms with Crippen LogP contribution in [-0.4, -0.2) is 5.78 Å². The maximum Gasteiger partial charge on any atom is 0.186 e. The van der Waals surface area contributed by atoms with Gasteiger partial charge < -0.3 is 0 Å². The summed E-state index contributed by atoms with van der Waals surface area (Å²) in [5.41, 5.74) is 1.77. The number of rotatable bonds is 2. The summed E-state index contributed by atoms with van der Waals surface area (Å²) in [5.74, 6) is 0.0655. The van der Waals surface area contributed by atoms with Gasteiger partial charge in [0.2, 0.25) is 0 Å². The molecule has 0 amide bonds. The number of carbonyl (C=O) groups is 1. The second-order valence-corrected chi connectivity index (χ2v) is 5.29. The Bertz CT molecular complexity index is 392. The first-order valence-electron chi connectivity index (χ1n) is 4.15. The Morgan fingerprint density at radius 2 is 2.07 bits per heavy atom. The van der Waals surface area contributed by atoms with Gasteiger partial charge in [-0.2, -0.15) is 0 Å². The lowest BCUT2D eigenvalue weighted by atomic mass is 10.1. The van der Waals surface area contributed by atoms with Gasteiger partial charge in [0.25, 0.3) is 0 Å². The first-order valence-corrected chi connectivity index (χ1v) is 6.02. The molecule has 0 saturated heterocycles. The van der Waals surface area contributed by atoms with Crippen molar-refractivity contribution in [3.63, 3.8) is 0 Å². The van der Waals surface area contributed by atoms with Crippen LogP contribution in [0.3, 0.4) is 0 Å².